The smallest absolute Gasteiger partial charge is 0.303 e. The zero-order valence-corrected chi connectivity index (χ0v) is 21.5. The summed E-state index contributed by atoms with van der Waals surface area (Å²) in [7, 11) is 0. The van der Waals surface area contributed by atoms with Crippen LogP contribution in [0.2, 0.25) is 0 Å². The van der Waals surface area contributed by atoms with Gasteiger partial charge in [0.05, 0.1) is 6.61 Å². The van der Waals surface area contributed by atoms with E-state index in [0.717, 1.165) is 28.4 Å². The minimum atomic E-state index is -0.812. The van der Waals surface area contributed by atoms with Gasteiger partial charge in [-0.1, -0.05) is 72.8 Å². The molecule has 0 fully saturated rings. The van der Waals surface area contributed by atoms with Gasteiger partial charge in [0.25, 0.3) is 5.56 Å². The molecule has 4 rings (SSSR count). The quantitative estimate of drug-likeness (QED) is 0.164. The topological polar surface area (TPSA) is 68.5 Å². The van der Waals surface area contributed by atoms with Crippen LogP contribution in [0.4, 0.5) is 0 Å². The highest BCUT2D eigenvalue weighted by Gasteiger charge is 2.17. The highest BCUT2D eigenvalue weighted by molar-refractivity contribution is 7.99. The molecule has 0 unspecified atom stereocenters. The number of thioether (sulfide) groups is 1. The van der Waals surface area contributed by atoms with E-state index in [9.17, 15) is 9.59 Å². The highest BCUT2D eigenvalue weighted by atomic mass is 32.2. The Hall–Kier alpha value is -3.77. The first-order valence-electron chi connectivity index (χ1n) is 12.5. The second-order valence-electron chi connectivity index (χ2n) is 8.77. The van der Waals surface area contributed by atoms with Crippen LogP contribution >= 0.6 is 11.8 Å². The van der Waals surface area contributed by atoms with Gasteiger partial charge in [0.2, 0.25) is 0 Å². The summed E-state index contributed by atoms with van der Waals surface area (Å²) >= 11 is 1.72. The molecule has 0 aliphatic heterocycles. The number of carboxylic acid groups (broad SMARTS) is 1. The monoisotopic (exact) mass is 513 g/mol. The van der Waals surface area contributed by atoms with Gasteiger partial charge < -0.3 is 14.4 Å². The molecule has 4 aromatic rings. The second kappa shape index (κ2) is 13.5. The molecule has 6 heteroatoms. The number of carbonyl (C=O) groups is 1. The summed E-state index contributed by atoms with van der Waals surface area (Å²) in [6, 6.07) is 32.2. The van der Waals surface area contributed by atoms with Crippen LogP contribution in [-0.4, -0.2) is 28.0 Å². The van der Waals surface area contributed by atoms with Gasteiger partial charge in [-0.25, -0.2) is 0 Å². The highest BCUT2D eigenvalue weighted by Crippen LogP contribution is 2.31. The van der Waals surface area contributed by atoms with E-state index in [1.807, 2.05) is 53.2 Å². The average Bonchev–Trinajstić information content (AvgIpc) is 2.92. The third kappa shape index (κ3) is 7.86. The third-order valence-electron chi connectivity index (χ3n) is 6.03. The van der Waals surface area contributed by atoms with Gasteiger partial charge >= 0.3 is 5.97 Å². The predicted octanol–water partition coefficient (Wildman–Crippen LogP) is 6.45. The molecule has 1 aromatic heterocycles. The van der Waals surface area contributed by atoms with Crippen LogP contribution in [0.1, 0.15) is 41.9 Å². The van der Waals surface area contributed by atoms with Crippen molar-refractivity contribution in [2.75, 3.05) is 12.4 Å². The largest absolute Gasteiger partial charge is 0.494 e. The maximum atomic E-state index is 12.6. The molecule has 0 bridgehead atoms. The Kier molecular flexibility index (Phi) is 9.60. The van der Waals surface area contributed by atoms with E-state index in [1.165, 1.54) is 11.1 Å². The minimum Gasteiger partial charge on any atom is -0.494 e. The number of hydrogen-bond acceptors (Lipinski definition) is 4. The van der Waals surface area contributed by atoms with Gasteiger partial charge in [0.1, 0.15) is 5.75 Å². The first-order valence-corrected chi connectivity index (χ1v) is 13.5. The summed E-state index contributed by atoms with van der Waals surface area (Å²) in [5.74, 6) is 0.849. The van der Waals surface area contributed by atoms with Crippen LogP contribution in [0, 0.1) is 0 Å². The molecule has 37 heavy (non-hydrogen) atoms. The molecule has 0 radical (unpaired) electrons. The predicted molar refractivity (Wildman–Crippen MR) is 149 cm³/mol. The van der Waals surface area contributed by atoms with E-state index in [2.05, 4.69) is 48.5 Å². The summed E-state index contributed by atoms with van der Waals surface area (Å²) in [6.07, 6.45) is 3.44. The number of hydrogen-bond donors (Lipinski definition) is 1. The van der Waals surface area contributed by atoms with Crippen LogP contribution in [0.15, 0.2) is 113 Å². The molecule has 190 valence electrons. The Bertz CT molecular complexity index is 1300. The molecule has 0 saturated heterocycles. The lowest BCUT2D eigenvalue weighted by molar-refractivity contribution is -0.137. The van der Waals surface area contributed by atoms with Crippen molar-refractivity contribution in [2.45, 2.75) is 36.6 Å². The number of aliphatic carboxylic acids is 1. The second-order valence-corrected chi connectivity index (χ2v) is 9.94. The maximum absolute atomic E-state index is 12.6. The molecular weight excluding hydrogens is 482 g/mol. The fourth-order valence-electron chi connectivity index (χ4n) is 4.26. The zero-order valence-electron chi connectivity index (χ0n) is 20.7. The summed E-state index contributed by atoms with van der Waals surface area (Å²) in [6.45, 7) is 1.02. The summed E-state index contributed by atoms with van der Waals surface area (Å²) in [5, 5.41) is 8.74. The number of carboxylic acids is 1. The normalized spacial score (nSPS) is 10.9. The SMILES string of the molecule is O=C(O)CCCOc1cccc(SCCCn2cc(C(c3ccccc3)c3ccccc3)ccc2=O)c1. The molecule has 0 saturated carbocycles. The molecule has 3 aromatic carbocycles. The minimum absolute atomic E-state index is 0.00498. The lowest BCUT2D eigenvalue weighted by atomic mass is 9.86. The lowest BCUT2D eigenvalue weighted by Crippen LogP contribution is -2.20. The van der Waals surface area contributed by atoms with E-state index in [-0.39, 0.29) is 17.9 Å². The number of rotatable bonds is 13. The van der Waals surface area contributed by atoms with E-state index < -0.39 is 5.97 Å². The molecular formula is C31H31NO4S. The number of ether oxygens (including phenoxy) is 1. The number of aryl methyl sites for hydroxylation is 1. The van der Waals surface area contributed by atoms with Crippen LogP contribution in [0.25, 0.3) is 0 Å². The van der Waals surface area contributed by atoms with Crippen LogP contribution < -0.4 is 10.3 Å². The van der Waals surface area contributed by atoms with Gasteiger partial charge in [0.15, 0.2) is 0 Å². The Morgan fingerprint density at radius 2 is 1.54 bits per heavy atom. The van der Waals surface area contributed by atoms with Gasteiger partial charge in [-0.3, -0.25) is 9.59 Å². The first-order chi connectivity index (χ1) is 18.1. The molecule has 1 N–H and O–H groups in total. The van der Waals surface area contributed by atoms with Crippen molar-refractivity contribution in [1.82, 2.24) is 4.57 Å². The standard InChI is InChI=1S/C31H31NO4S/c33-29-18-17-26(31(24-10-3-1-4-11-24)25-12-5-2-6-13-25)23-32(29)19-9-21-37-28-15-7-14-27(22-28)36-20-8-16-30(34)35/h1-7,10-15,17-18,22-23,31H,8-9,16,19-21H2,(H,34,35). The first kappa shape index (κ1) is 26.3. The Balaban J connectivity index is 1.38. The molecule has 0 amide bonds. The fourth-order valence-corrected chi connectivity index (χ4v) is 5.14. The Morgan fingerprint density at radius 1 is 0.838 bits per heavy atom. The van der Waals surface area contributed by atoms with Crippen molar-refractivity contribution in [3.63, 3.8) is 0 Å². The lowest BCUT2D eigenvalue weighted by Gasteiger charge is -2.20. The van der Waals surface area contributed by atoms with Crippen LogP contribution in [0.5, 0.6) is 5.75 Å². The number of benzene rings is 3. The zero-order chi connectivity index (χ0) is 25.9. The molecule has 1 heterocycles. The Labute approximate surface area is 221 Å². The molecule has 0 spiro atoms. The van der Waals surface area contributed by atoms with Crippen molar-refractivity contribution in [1.29, 1.82) is 0 Å². The van der Waals surface area contributed by atoms with Gasteiger partial charge in [0, 0.05) is 36.0 Å². The summed E-state index contributed by atoms with van der Waals surface area (Å²) < 4.78 is 7.49. The van der Waals surface area contributed by atoms with E-state index in [0.29, 0.717) is 19.6 Å². The van der Waals surface area contributed by atoms with E-state index in [4.69, 9.17) is 9.84 Å². The number of aromatic nitrogens is 1. The molecule has 0 aliphatic rings. The van der Waals surface area contributed by atoms with Crippen LogP contribution in [-0.2, 0) is 11.3 Å². The number of pyridine rings is 1. The number of nitrogens with zero attached hydrogens (tertiary/aromatic N) is 1. The van der Waals surface area contributed by atoms with Crippen molar-refractivity contribution in [2.24, 2.45) is 0 Å². The van der Waals surface area contributed by atoms with E-state index >= 15 is 0 Å². The van der Waals surface area contributed by atoms with Crippen molar-refractivity contribution in [3.05, 3.63) is 130 Å². The fraction of sp³-hybridized carbons (Fsp3) is 0.226. The average molecular weight is 514 g/mol. The van der Waals surface area contributed by atoms with Crippen molar-refractivity contribution >= 4 is 17.7 Å². The van der Waals surface area contributed by atoms with Gasteiger partial charge in [-0.15, -0.1) is 11.8 Å². The van der Waals surface area contributed by atoms with Crippen LogP contribution in [0.3, 0.4) is 0 Å². The molecule has 0 atom stereocenters. The van der Waals surface area contributed by atoms with Crippen molar-refractivity contribution < 1.29 is 14.6 Å². The molecule has 0 aliphatic carbocycles. The summed E-state index contributed by atoms with van der Waals surface area (Å²) in [5.41, 5.74) is 3.49. The van der Waals surface area contributed by atoms with Gasteiger partial charge in [-0.2, -0.15) is 0 Å². The van der Waals surface area contributed by atoms with E-state index in [1.54, 1.807) is 17.8 Å². The third-order valence-corrected chi connectivity index (χ3v) is 7.11. The Morgan fingerprint density at radius 3 is 2.22 bits per heavy atom. The van der Waals surface area contributed by atoms with Crippen molar-refractivity contribution in [3.8, 4) is 5.75 Å². The summed E-state index contributed by atoms with van der Waals surface area (Å²) in [4.78, 5) is 24.4. The van der Waals surface area contributed by atoms with Gasteiger partial charge in [-0.05, 0) is 53.5 Å². The maximum Gasteiger partial charge on any atom is 0.303 e. The molecule has 5 nitrogen and oxygen atoms in total.